The van der Waals surface area contributed by atoms with E-state index in [9.17, 15) is 9.59 Å². The molecule has 1 saturated carbocycles. The second-order valence-corrected chi connectivity index (χ2v) is 7.78. The molecule has 0 aromatic heterocycles. The highest BCUT2D eigenvalue weighted by Gasteiger charge is 2.36. The van der Waals surface area contributed by atoms with Gasteiger partial charge in [0.1, 0.15) is 5.75 Å². The number of anilines is 1. The number of benzene rings is 2. The van der Waals surface area contributed by atoms with Crippen LogP contribution in [0.4, 0.5) is 5.69 Å². The van der Waals surface area contributed by atoms with Crippen molar-refractivity contribution in [2.45, 2.75) is 44.7 Å². The Labute approximate surface area is 169 Å². The Morgan fingerprint density at radius 3 is 2.68 bits per heavy atom. The van der Waals surface area contributed by atoms with Crippen LogP contribution in [0, 0.1) is 0 Å². The molecule has 0 saturated heterocycles. The number of rotatable bonds is 4. The van der Waals surface area contributed by atoms with Gasteiger partial charge in [0, 0.05) is 18.3 Å². The summed E-state index contributed by atoms with van der Waals surface area (Å²) in [5.74, 6) is 0.205. The topological polar surface area (TPSA) is 58.6 Å². The summed E-state index contributed by atoms with van der Waals surface area (Å²) in [5.41, 5.74) is 2.43. The van der Waals surface area contributed by atoms with Gasteiger partial charge in [0.15, 0.2) is 0 Å². The van der Waals surface area contributed by atoms with E-state index < -0.39 is 0 Å². The number of carbonyl (C=O) groups excluding carboxylic acids is 2. The van der Waals surface area contributed by atoms with Crippen molar-refractivity contribution < 1.29 is 14.3 Å². The number of nitrogens with zero attached hydrogens (tertiary/aromatic N) is 1. The largest absolute Gasteiger partial charge is 0.495 e. The van der Waals surface area contributed by atoms with Gasteiger partial charge in [-0.1, -0.05) is 43.0 Å². The van der Waals surface area contributed by atoms with Crippen LogP contribution in [0.5, 0.6) is 5.75 Å². The van der Waals surface area contributed by atoms with Gasteiger partial charge in [-0.3, -0.25) is 9.59 Å². The van der Waals surface area contributed by atoms with Crippen LogP contribution in [-0.2, 0) is 6.54 Å². The number of ether oxygens (including phenoxy) is 1. The summed E-state index contributed by atoms with van der Waals surface area (Å²) >= 11 is 6.14. The maximum absolute atomic E-state index is 13.1. The Morgan fingerprint density at radius 2 is 1.96 bits per heavy atom. The van der Waals surface area contributed by atoms with Crippen LogP contribution in [0.25, 0.3) is 0 Å². The van der Waals surface area contributed by atoms with Crippen LogP contribution in [0.15, 0.2) is 36.4 Å². The molecule has 6 heteroatoms. The molecule has 0 spiro atoms. The summed E-state index contributed by atoms with van der Waals surface area (Å²) in [6, 6.07) is 10.8. The molecule has 4 rings (SSSR count). The minimum absolute atomic E-state index is 0.0274. The molecule has 146 valence electrons. The summed E-state index contributed by atoms with van der Waals surface area (Å²) in [5, 5.41) is 3.26. The van der Waals surface area contributed by atoms with Crippen molar-refractivity contribution in [2.24, 2.45) is 0 Å². The van der Waals surface area contributed by atoms with E-state index in [1.807, 2.05) is 17.0 Å². The smallest absolute Gasteiger partial charge is 0.256 e. The highest BCUT2D eigenvalue weighted by atomic mass is 35.5. The predicted molar refractivity (Wildman–Crippen MR) is 109 cm³/mol. The normalized spacial score (nSPS) is 16.8. The first-order chi connectivity index (χ1) is 13.6. The maximum Gasteiger partial charge on any atom is 0.256 e. The van der Waals surface area contributed by atoms with Gasteiger partial charge in [-0.05, 0) is 42.7 Å². The average molecular weight is 399 g/mol. The van der Waals surface area contributed by atoms with Crippen molar-refractivity contribution in [2.75, 3.05) is 12.4 Å². The molecule has 28 heavy (non-hydrogen) atoms. The van der Waals surface area contributed by atoms with Crippen molar-refractivity contribution in [1.29, 1.82) is 0 Å². The number of hydrogen-bond donors (Lipinski definition) is 1. The number of fused-ring (bicyclic) bond motifs is 1. The average Bonchev–Trinajstić information content (AvgIpc) is 3.05. The van der Waals surface area contributed by atoms with E-state index in [-0.39, 0.29) is 17.9 Å². The van der Waals surface area contributed by atoms with Crippen molar-refractivity contribution in [3.8, 4) is 5.75 Å². The third-order valence-corrected chi connectivity index (χ3v) is 5.93. The molecule has 2 amide bonds. The molecule has 0 bridgehead atoms. The van der Waals surface area contributed by atoms with E-state index in [0.29, 0.717) is 34.1 Å². The van der Waals surface area contributed by atoms with Gasteiger partial charge in [0.2, 0.25) is 0 Å². The molecule has 1 aliphatic heterocycles. The first-order valence-corrected chi connectivity index (χ1v) is 10.0. The fourth-order valence-electron chi connectivity index (χ4n) is 4.20. The number of amides is 2. The van der Waals surface area contributed by atoms with Gasteiger partial charge in [0.25, 0.3) is 11.8 Å². The van der Waals surface area contributed by atoms with Crippen molar-refractivity contribution in [3.05, 3.63) is 58.1 Å². The zero-order valence-corrected chi connectivity index (χ0v) is 16.6. The Balaban J connectivity index is 1.57. The molecule has 1 fully saturated rings. The fraction of sp³-hybridized carbons (Fsp3) is 0.364. The third-order valence-electron chi connectivity index (χ3n) is 5.64. The number of methoxy groups -OCH3 is 1. The Morgan fingerprint density at radius 1 is 1.18 bits per heavy atom. The second kappa shape index (κ2) is 7.84. The monoisotopic (exact) mass is 398 g/mol. The third kappa shape index (κ3) is 3.47. The second-order valence-electron chi connectivity index (χ2n) is 7.37. The van der Waals surface area contributed by atoms with Gasteiger partial charge in [-0.2, -0.15) is 0 Å². The van der Waals surface area contributed by atoms with Gasteiger partial charge in [-0.25, -0.2) is 0 Å². The first-order valence-electron chi connectivity index (χ1n) is 9.66. The zero-order valence-electron chi connectivity index (χ0n) is 15.8. The predicted octanol–water partition coefficient (Wildman–Crippen LogP) is 4.89. The van der Waals surface area contributed by atoms with Gasteiger partial charge >= 0.3 is 0 Å². The SMILES string of the molecule is COc1ccc(NC(=O)c2cccc3c2C(=O)N(C2CCCCC2)C3)cc1Cl. The van der Waals surface area contributed by atoms with Crippen LogP contribution in [0.1, 0.15) is 58.4 Å². The molecule has 0 radical (unpaired) electrons. The summed E-state index contributed by atoms with van der Waals surface area (Å²) in [6.07, 6.45) is 5.66. The minimum Gasteiger partial charge on any atom is -0.495 e. The summed E-state index contributed by atoms with van der Waals surface area (Å²) in [7, 11) is 1.54. The number of halogens is 1. The van der Waals surface area contributed by atoms with Crippen LogP contribution in [0.2, 0.25) is 5.02 Å². The highest BCUT2D eigenvalue weighted by molar-refractivity contribution is 6.32. The van der Waals surface area contributed by atoms with E-state index in [2.05, 4.69) is 5.32 Å². The molecule has 0 unspecified atom stereocenters. The summed E-state index contributed by atoms with van der Waals surface area (Å²) < 4.78 is 5.14. The van der Waals surface area contributed by atoms with Crippen LogP contribution in [-0.4, -0.2) is 29.9 Å². The molecule has 0 atom stereocenters. The Kier molecular flexibility index (Phi) is 5.27. The molecule has 2 aromatic rings. The molecular formula is C22H23ClN2O3. The van der Waals surface area contributed by atoms with Crippen molar-refractivity contribution in [1.82, 2.24) is 4.90 Å². The fourth-order valence-corrected chi connectivity index (χ4v) is 4.46. The van der Waals surface area contributed by atoms with Gasteiger partial charge in [0.05, 0.1) is 23.3 Å². The first kappa shape index (κ1) is 18.8. The van der Waals surface area contributed by atoms with E-state index in [1.54, 1.807) is 24.3 Å². The van der Waals surface area contributed by atoms with E-state index >= 15 is 0 Å². The minimum atomic E-state index is -0.308. The van der Waals surface area contributed by atoms with Gasteiger partial charge < -0.3 is 15.0 Å². The maximum atomic E-state index is 13.1. The lowest BCUT2D eigenvalue weighted by Gasteiger charge is -2.30. The molecule has 2 aromatic carbocycles. The lowest BCUT2D eigenvalue weighted by atomic mass is 9.94. The standard InChI is InChI=1S/C22H23ClN2O3/c1-28-19-11-10-15(12-18(19)23)24-21(26)17-9-5-6-14-13-25(22(27)20(14)17)16-7-3-2-4-8-16/h5-6,9-12,16H,2-4,7-8,13H2,1H3,(H,24,26). The lowest BCUT2D eigenvalue weighted by Crippen LogP contribution is -2.37. The van der Waals surface area contributed by atoms with Crippen LogP contribution >= 0.6 is 11.6 Å². The molecule has 1 aliphatic carbocycles. The summed E-state index contributed by atoms with van der Waals surface area (Å²) in [6.45, 7) is 0.592. The summed E-state index contributed by atoms with van der Waals surface area (Å²) in [4.78, 5) is 28.0. The van der Waals surface area contributed by atoms with Crippen molar-refractivity contribution >= 4 is 29.1 Å². The highest BCUT2D eigenvalue weighted by Crippen LogP contribution is 2.33. The number of carbonyl (C=O) groups is 2. The number of hydrogen-bond acceptors (Lipinski definition) is 3. The molecule has 1 heterocycles. The molecule has 1 N–H and O–H groups in total. The van der Waals surface area contributed by atoms with Crippen molar-refractivity contribution in [3.63, 3.8) is 0 Å². The van der Waals surface area contributed by atoms with Crippen LogP contribution in [0.3, 0.4) is 0 Å². The molecular weight excluding hydrogens is 376 g/mol. The molecule has 2 aliphatic rings. The Bertz CT molecular complexity index is 922. The van der Waals surface area contributed by atoms with E-state index in [0.717, 1.165) is 31.2 Å². The molecule has 5 nitrogen and oxygen atoms in total. The quantitative estimate of drug-likeness (QED) is 0.797. The van der Waals surface area contributed by atoms with Crippen LogP contribution < -0.4 is 10.1 Å². The zero-order chi connectivity index (χ0) is 19.7. The number of nitrogens with one attached hydrogen (secondary N) is 1. The van der Waals surface area contributed by atoms with Gasteiger partial charge in [-0.15, -0.1) is 0 Å². The van der Waals surface area contributed by atoms with E-state index in [1.165, 1.54) is 13.5 Å². The Hall–Kier alpha value is -2.53. The lowest BCUT2D eigenvalue weighted by molar-refractivity contribution is 0.0657. The van der Waals surface area contributed by atoms with E-state index in [4.69, 9.17) is 16.3 Å².